The number of nitrogens with zero attached hydrogens (tertiary/aromatic N) is 1. The molecule has 2 rings (SSSR count). The van der Waals surface area contributed by atoms with Crippen molar-refractivity contribution in [3.8, 4) is 0 Å². The second-order valence-electron chi connectivity index (χ2n) is 4.30. The monoisotopic (exact) mass is 284 g/mol. The lowest BCUT2D eigenvalue weighted by molar-refractivity contribution is -0.124. The molecule has 1 aromatic rings. The SMILES string of the molecule is NCc1ccc(S(=O)(=O)NC2CCCNC2=O)cn1. The first-order valence-electron chi connectivity index (χ1n) is 5.98. The Kier molecular flexibility index (Phi) is 4.13. The first-order valence-corrected chi connectivity index (χ1v) is 7.46. The van der Waals surface area contributed by atoms with E-state index in [0.717, 1.165) is 6.42 Å². The Bertz CT molecular complexity index is 556. The highest BCUT2D eigenvalue weighted by Crippen LogP contribution is 2.11. The van der Waals surface area contributed by atoms with Gasteiger partial charge >= 0.3 is 0 Å². The summed E-state index contributed by atoms with van der Waals surface area (Å²) in [6.07, 6.45) is 2.49. The fourth-order valence-electron chi connectivity index (χ4n) is 1.83. The van der Waals surface area contributed by atoms with Crippen LogP contribution in [0.4, 0.5) is 0 Å². The van der Waals surface area contributed by atoms with Crippen LogP contribution in [0.15, 0.2) is 23.2 Å². The maximum Gasteiger partial charge on any atom is 0.242 e. The normalized spacial score (nSPS) is 20.1. The summed E-state index contributed by atoms with van der Waals surface area (Å²) < 4.78 is 26.6. The number of carbonyl (C=O) groups is 1. The van der Waals surface area contributed by atoms with Gasteiger partial charge in [-0.15, -0.1) is 0 Å². The molecular weight excluding hydrogens is 268 g/mol. The minimum Gasteiger partial charge on any atom is -0.355 e. The molecule has 0 bridgehead atoms. The Morgan fingerprint density at radius 2 is 2.26 bits per heavy atom. The summed E-state index contributed by atoms with van der Waals surface area (Å²) in [5.41, 5.74) is 6.00. The van der Waals surface area contributed by atoms with E-state index in [-0.39, 0.29) is 17.3 Å². The Hall–Kier alpha value is -1.51. The third kappa shape index (κ3) is 3.28. The highest BCUT2D eigenvalue weighted by molar-refractivity contribution is 7.89. The van der Waals surface area contributed by atoms with Gasteiger partial charge in [-0.1, -0.05) is 0 Å². The highest BCUT2D eigenvalue weighted by Gasteiger charge is 2.27. The number of pyridine rings is 1. The molecule has 0 aliphatic carbocycles. The molecule has 0 spiro atoms. The van der Waals surface area contributed by atoms with Gasteiger partial charge in [0.05, 0.1) is 5.69 Å². The molecule has 1 unspecified atom stereocenters. The van der Waals surface area contributed by atoms with E-state index in [1.165, 1.54) is 12.3 Å². The van der Waals surface area contributed by atoms with Crippen LogP contribution in [0.1, 0.15) is 18.5 Å². The number of sulfonamides is 1. The number of nitrogens with one attached hydrogen (secondary N) is 2. The van der Waals surface area contributed by atoms with Crippen molar-refractivity contribution in [3.05, 3.63) is 24.0 Å². The van der Waals surface area contributed by atoms with Crippen LogP contribution in [-0.4, -0.2) is 31.9 Å². The van der Waals surface area contributed by atoms with E-state index >= 15 is 0 Å². The summed E-state index contributed by atoms with van der Waals surface area (Å²) >= 11 is 0. The van der Waals surface area contributed by atoms with Crippen molar-refractivity contribution < 1.29 is 13.2 Å². The molecule has 0 radical (unpaired) electrons. The Balaban J connectivity index is 2.14. The van der Waals surface area contributed by atoms with E-state index in [2.05, 4.69) is 15.0 Å². The van der Waals surface area contributed by atoms with Crippen molar-refractivity contribution in [2.45, 2.75) is 30.3 Å². The van der Waals surface area contributed by atoms with Crippen LogP contribution in [0.5, 0.6) is 0 Å². The van der Waals surface area contributed by atoms with Crippen LogP contribution in [0, 0.1) is 0 Å². The fraction of sp³-hybridized carbons (Fsp3) is 0.455. The number of piperidine rings is 1. The average Bonchev–Trinajstić information content (AvgIpc) is 2.41. The standard InChI is InChI=1S/C11H16N4O3S/c12-6-8-3-4-9(7-14-8)19(17,18)15-10-2-1-5-13-11(10)16/h3-4,7,10,15H,1-2,5-6,12H2,(H,13,16). The summed E-state index contributed by atoms with van der Waals surface area (Å²) in [6, 6.07) is 2.27. The zero-order valence-corrected chi connectivity index (χ0v) is 11.1. The Morgan fingerprint density at radius 3 is 2.84 bits per heavy atom. The van der Waals surface area contributed by atoms with Gasteiger partial charge in [0, 0.05) is 19.3 Å². The van der Waals surface area contributed by atoms with Crippen LogP contribution in [0.25, 0.3) is 0 Å². The van der Waals surface area contributed by atoms with Crippen LogP contribution < -0.4 is 15.8 Å². The molecule has 1 atom stereocenters. The number of amides is 1. The Labute approximate surface area is 111 Å². The van der Waals surface area contributed by atoms with E-state index < -0.39 is 16.1 Å². The maximum atomic E-state index is 12.1. The molecule has 1 aromatic heterocycles. The van der Waals surface area contributed by atoms with Gasteiger partial charge in [-0.25, -0.2) is 8.42 Å². The van der Waals surface area contributed by atoms with Crippen molar-refractivity contribution in [1.82, 2.24) is 15.0 Å². The highest BCUT2D eigenvalue weighted by atomic mass is 32.2. The molecular formula is C11H16N4O3S. The lowest BCUT2D eigenvalue weighted by atomic mass is 10.1. The third-order valence-electron chi connectivity index (χ3n) is 2.90. The maximum absolute atomic E-state index is 12.1. The minimum atomic E-state index is -3.73. The predicted molar refractivity (Wildman–Crippen MR) is 68.5 cm³/mol. The zero-order chi connectivity index (χ0) is 13.9. The van der Waals surface area contributed by atoms with Gasteiger partial charge in [-0.05, 0) is 25.0 Å². The van der Waals surface area contributed by atoms with Crippen LogP contribution in [0.2, 0.25) is 0 Å². The topological polar surface area (TPSA) is 114 Å². The quantitative estimate of drug-likeness (QED) is 0.663. The molecule has 7 nitrogen and oxygen atoms in total. The lowest BCUT2D eigenvalue weighted by Gasteiger charge is -2.22. The number of hydrogen-bond acceptors (Lipinski definition) is 5. The molecule has 1 saturated heterocycles. The number of carbonyl (C=O) groups excluding carboxylic acids is 1. The summed E-state index contributed by atoms with van der Waals surface area (Å²) in [5.74, 6) is -0.290. The fourth-order valence-corrected chi connectivity index (χ4v) is 3.00. The van der Waals surface area contributed by atoms with E-state index in [4.69, 9.17) is 5.73 Å². The number of rotatable bonds is 4. The molecule has 1 aliphatic rings. The van der Waals surface area contributed by atoms with E-state index in [0.29, 0.717) is 18.7 Å². The van der Waals surface area contributed by atoms with Gasteiger partial charge in [-0.3, -0.25) is 9.78 Å². The van der Waals surface area contributed by atoms with Gasteiger partial charge in [0.25, 0.3) is 0 Å². The third-order valence-corrected chi connectivity index (χ3v) is 4.36. The molecule has 1 amide bonds. The molecule has 8 heteroatoms. The summed E-state index contributed by atoms with van der Waals surface area (Å²) in [5, 5.41) is 2.63. The van der Waals surface area contributed by atoms with Crippen molar-refractivity contribution in [2.75, 3.05) is 6.54 Å². The smallest absolute Gasteiger partial charge is 0.242 e. The number of nitrogens with two attached hydrogens (primary N) is 1. The minimum absolute atomic E-state index is 0.0306. The largest absolute Gasteiger partial charge is 0.355 e. The van der Waals surface area contributed by atoms with E-state index in [1.54, 1.807) is 6.07 Å². The molecule has 1 aliphatic heterocycles. The van der Waals surface area contributed by atoms with E-state index in [1.807, 2.05) is 0 Å². The van der Waals surface area contributed by atoms with Crippen molar-refractivity contribution in [1.29, 1.82) is 0 Å². The van der Waals surface area contributed by atoms with Gasteiger partial charge in [0.1, 0.15) is 10.9 Å². The predicted octanol–water partition coefficient (Wildman–Crippen LogP) is -0.903. The molecule has 1 fully saturated rings. The summed E-state index contributed by atoms with van der Waals surface area (Å²) in [4.78, 5) is 15.5. The molecule has 19 heavy (non-hydrogen) atoms. The molecule has 0 saturated carbocycles. The molecule has 2 heterocycles. The first-order chi connectivity index (χ1) is 9.03. The van der Waals surface area contributed by atoms with E-state index in [9.17, 15) is 13.2 Å². The first kappa shape index (κ1) is 13.9. The van der Waals surface area contributed by atoms with Crippen molar-refractivity contribution in [2.24, 2.45) is 5.73 Å². The van der Waals surface area contributed by atoms with Gasteiger partial charge < -0.3 is 11.1 Å². The average molecular weight is 284 g/mol. The molecule has 104 valence electrons. The second-order valence-corrected chi connectivity index (χ2v) is 6.01. The van der Waals surface area contributed by atoms with Gasteiger partial charge in [0.2, 0.25) is 15.9 Å². The lowest BCUT2D eigenvalue weighted by Crippen LogP contribution is -2.50. The number of aromatic nitrogens is 1. The molecule has 0 aromatic carbocycles. The van der Waals surface area contributed by atoms with Crippen LogP contribution in [0.3, 0.4) is 0 Å². The zero-order valence-electron chi connectivity index (χ0n) is 10.3. The van der Waals surface area contributed by atoms with Gasteiger partial charge in [0.15, 0.2) is 0 Å². The van der Waals surface area contributed by atoms with Crippen molar-refractivity contribution >= 4 is 15.9 Å². The summed E-state index contributed by atoms with van der Waals surface area (Å²) in [6.45, 7) is 0.836. The number of hydrogen-bond donors (Lipinski definition) is 3. The van der Waals surface area contributed by atoms with Crippen LogP contribution in [-0.2, 0) is 21.4 Å². The summed E-state index contributed by atoms with van der Waals surface area (Å²) in [7, 11) is -3.73. The van der Waals surface area contributed by atoms with Crippen molar-refractivity contribution in [3.63, 3.8) is 0 Å². The molecule has 4 N–H and O–H groups in total. The van der Waals surface area contributed by atoms with Gasteiger partial charge in [-0.2, -0.15) is 4.72 Å². The second kappa shape index (κ2) is 5.64. The Morgan fingerprint density at radius 1 is 1.47 bits per heavy atom. The van der Waals surface area contributed by atoms with Crippen LogP contribution >= 0.6 is 0 Å².